The molecule has 2 aromatic rings. The van der Waals surface area contributed by atoms with E-state index in [0.717, 1.165) is 22.9 Å². The number of phosphoric ester groups is 1. The van der Waals surface area contributed by atoms with Gasteiger partial charge < -0.3 is 29.6 Å². The van der Waals surface area contributed by atoms with Crippen LogP contribution in [0.1, 0.15) is 11.8 Å². The number of aromatic nitrogens is 2. The highest BCUT2D eigenvalue weighted by Gasteiger charge is 2.46. The van der Waals surface area contributed by atoms with Gasteiger partial charge in [0.15, 0.2) is 6.23 Å². The molecule has 19 heteroatoms. The molecule has 200 valence electrons. The Balaban J connectivity index is 1.82. The van der Waals surface area contributed by atoms with Crippen LogP contribution in [0, 0.1) is 11.6 Å². The van der Waals surface area contributed by atoms with Crippen LogP contribution in [0.3, 0.4) is 0 Å². The number of hydrogen-bond acceptors (Lipinski definition) is 9. The lowest BCUT2D eigenvalue weighted by molar-refractivity contribution is -0.0549. The standard InChI is InChI=1S/C17H19BrF2N2O12P2/c18-10-6-22(17(26)21(15(10)25)4-3-8-1-2-9(19)5-11(8)20)16-14(24)13(23)12(33-16)7-32-36(30,31)34-35(27,28)29/h1-2,5-6,12-14,16,23-24H,3-4,7H2,(H,30,31)(H2,27,28,29)/t12-,13?,14+,16-/m1/s1. The summed E-state index contributed by atoms with van der Waals surface area (Å²) in [4.78, 5) is 52.1. The first-order chi connectivity index (χ1) is 16.6. The molecular weight excluding hydrogens is 604 g/mol. The Bertz CT molecular complexity index is 1350. The highest BCUT2D eigenvalue weighted by atomic mass is 79.9. The van der Waals surface area contributed by atoms with Crippen LogP contribution in [-0.4, -0.2) is 58.9 Å². The molecule has 36 heavy (non-hydrogen) atoms. The first kappa shape index (κ1) is 28.9. The number of hydrogen-bond donors (Lipinski definition) is 5. The predicted octanol–water partition coefficient (Wildman–Crippen LogP) is 0.139. The zero-order chi connectivity index (χ0) is 27.0. The van der Waals surface area contributed by atoms with Crippen molar-refractivity contribution in [1.82, 2.24) is 9.13 Å². The van der Waals surface area contributed by atoms with E-state index in [2.05, 4.69) is 24.8 Å². The van der Waals surface area contributed by atoms with Crippen LogP contribution in [-0.2, 0) is 35.7 Å². The molecule has 5 atom stereocenters. The molecule has 2 unspecified atom stereocenters. The SMILES string of the molecule is O=c1c(Br)cn([C@@H]2O[C@H](COP(=O)(O)OP(=O)(O)O)C(O)[C@@H]2O)c(=O)n1CCc1ccc(F)cc1F. The van der Waals surface area contributed by atoms with Gasteiger partial charge in [0.1, 0.15) is 29.9 Å². The summed E-state index contributed by atoms with van der Waals surface area (Å²) < 4.78 is 64.0. The lowest BCUT2D eigenvalue weighted by Crippen LogP contribution is -2.44. The molecular formula is C17H19BrF2N2O12P2. The second-order valence-corrected chi connectivity index (χ2v) is 11.2. The van der Waals surface area contributed by atoms with Gasteiger partial charge in [0.25, 0.3) is 5.56 Å². The predicted molar refractivity (Wildman–Crippen MR) is 118 cm³/mol. The van der Waals surface area contributed by atoms with E-state index in [4.69, 9.17) is 14.5 Å². The summed E-state index contributed by atoms with van der Waals surface area (Å²) >= 11 is 2.96. The molecule has 1 aromatic heterocycles. The van der Waals surface area contributed by atoms with E-state index >= 15 is 0 Å². The third kappa shape index (κ3) is 6.82. The Labute approximate surface area is 208 Å². The molecule has 0 spiro atoms. The van der Waals surface area contributed by atoms with E-state index in [1.807, 2.05) is 0 Å². The Morgan fingerprint density at radius 3 is 2.39 bits per heavy atom. The molecule has 1 saturated heterocycles. The maximum atomic E-state index is 13.9. The van der Waals surface area contributed by atoms with Crippen molar-refractivity contribution in [3.8, 4) is 0 Å². The minimum absolute atomic E-state index is 0.0185. The molecule has 0 saturated carbocycles. The summed E-state index contributed by atoms with van der Waals surface area (Å²) in [6, 6.07) is 2.79. The van der Waals surface area contributed by atoms with Gasteiger partial charge in [-0.2, -0.15) is 4.31 Å². The lowest BCUT2D eigenvalue weighted by Gasteiger charge is -2.19. The fraction of sp³-hybridized carbons (Fsp3) is 0.412. The quantitative estimate of drug-likeness (QED) is 0.237. The normalized spacial score (nSPS) is 24.1. The molecule has 0 amide bonds. The van der Waals surface area contributed by atoms with E-state index in [9.17, 15) is 42.6 Å². The van der Waals surface area contributed by atoms with E-state index in [0.29, 0.717) is 10.6 Å². The van der Waals surface area contributed by atoms with Crippen LogP contribution in [0.2, 0.25) is 0 Å². The van der Waals surface area contributed by atoms with Crippen LogP contribution in [0.15, 0.2) is 38.5 Å². The van der Waals surface area contributed by atoms with Crippen molar-refractivity contribution in [3.63, 3.8) is 0 Å². The number of halogens is 3. The van der Waals surface area contributed by atoms with Gasteiger partial charge in [-0.1, -0.05) is 6.07 Å². The monoisotopic (exact) mass is 622 g/mol. The van der Waals surface area contributed by atoms with Crippen molar-refractivity contribution in [1.29, 1.82) is 0 Å². The number of rotatable bonds is 9. The van der Waals surface area contributed by atoms with Gasteiger partial charge in [0.2, 0.25) is 0 Å². The van der Waals surface area contributed by atoms with E-state index in [1.165, 1.54) is 0 Å². The van der Waals surface area contributed by atoms with Gasteiger partial charge >= 0.3 is 21.3 Å². The van der Waals surface area contributed by atoms with Crippen molar-refractivity contribution >= 4 is 31.6 Å². The zero-order valence-electron chi connectivity index (χ0n) is 17.8. The fourth-order valence-electron chi connectivity index (χ4n) is 3.35. The molecule has 3 rings (SSSR count). The van der Waals surface area contributed by atoms with Gasteiger partial charge in [-0.15, -0.1) is 0 Å². The van der Waals surface area contributed by atoms with Crippen LogP contribution in [0.25, 0.3) is 0 Å². The van der Waals surface area contributed by atoms with E-state index < -0.39 is 69.7 Å². The minimum Gasteiger partial charge on any atom is -0.387 e. The van der Waals surface area contributed by atoms with Gasteiger partial charge in [-0.25, -0.2) is 22.7 Å². The molecule has 5 N–H and O–H groups in total. The van der Waals surface area contributed by atoms with Gasteiger partial charge in [0.05, 0.1) is 11.1 Å². The van der Waals surface area contributed by atoms with Crippen LogP contribution >= 0.6 is 31.6 Å². The molecule has 0 radical (unpaired) electrons. The van der Waals surface area contributed by atoms with Crippen molar-refractivity contribution in [2.24, 2.45) is 0 Å². The summed E-state index contributed by atoms with van der Waals surface area (Å²) in [5.41, 5.74) is -1.84. The average Bonchev–Trinajstić information content (AvgIpc) is 3.03. The highest BCUT2D eigenvalue weighted by molar-refractivity contribution is 9.10. The number of phosphoric acid groups is 2. The Morgan fingerprint density at radius 1 is 1.11 bits per heavy atom. The van der Waals surface area contributed by atoms with Crippen LogP contribution in [0.5, 0.6) is 0 Å². The first-order valence-corrected chi connectivity index (χ1v) is 13.6. The van der Waals surface area contributed by atoms with Crippen molar-refractivity contribution in [3.05, 3.63) is 66.9 Å². The van der Waals surface area contributed by atoms with Crippen LogP contribution in [0.4, 0.5) is 8.78 Å². The third-order valence-corrected chi connectivity index (χ3v) is 7.69. The van der Waals surface area contributed by atoms with Crippen molar-refractivity contribution in [2.75, 3.05) is 6.61 Å². The van der Waals surface area contributed by atoms with E-state index in [-0.39, 0.29) is 23.0 Å². The topological polar surface area (TPSA) is 207 Å². The van der Waals surface area contributed by atoms with Gasteiger partial charge in [-0.3, -0.25) is 18.5 Å². The second kappa shape index (κ2) is 11.0. The number of aryl methyl sites for hydroxylation is 1. The zero-order valence-corrected chi connectivity index (χ0v) is 21.1. The molecule has 14 nitrogen and oxygen atoms in total. The summed E-state index contributed by atoms with van der Waals surface area (Å²) in [6.07, 6.45) is -6.10. The molecule has 2 heterocycles. The molecule has 0 bridgehead atoms. The summed E-state index contributed by atoms with van der Waals surface area (Å²) in [6.45, 7) is -1.35. The largest absolute Gasteiger partial charge is 0.481 e. The molecule has 1 aliphatic rings. The highest BCUT2D eigenvalue weighted by Crippen LogP contribution is 2.57. The van der Waals surface area contributed by atoms with Crippen LogP contribution < -0.4 is 11.2 Å². The summed E-state index contributed by atoms with van der Waals surface area (Å²) in [5.74, 6) is -1.70. The fourth-order valence-corrected chi connectivity index (χ4v) is 5.38. The molecule has 1 aromatic carbocycles. The Morgan fingerprint density at radius 2 is 1.78 bits per heavy atom. The summed E-state index contributed by atoms with van der Waals surface area (Å²) in [5, 5.41) is 20.6. The van der Waals surface area contributed by atoms with E-state index in [1.54, 1.807) is 0 Å². The average molecular weight is 623 g/mol. The van der Waals surface area contributed by atoms with Crippen molar-refractivity contribution in [2.45, 2.75) is 37.5 Å². The smallest absolute Gasteiger partial charge is 0.387 e. The molecule has 1 fully saturated rings. The number of aliphatic hydroxyl groups is 2. The lowest BCUT2D eigenvalue weighted by atomic mass is 10.1. The Hall–Kier alpha value is -1.62. The number of benzene rings is 1. The number of ether oxygens (including phenoxy) is 1. The molecule has 0 aliphatic carbocycles. The van der Waals surface area contributed by atoms with Gasteiger partial charge in [-0.05, 0) is 34.0 Å². The second-order valence-electron chi connectivity index (χ2n) is 7.49. The van der Waals surface area contributed by atoms with Crippen molar-refractivity contribution < 1.29 is 56.4 Å². The third-order valence-electron chi connectivity index (χ3n) is 5.00. The number of aliphatic hydroxyl groups excluding tert-OH is 2. The maximum Gasteiger partial charge on any atom is 0.481 e. The maximum absolute atomic E-state index is 13.9. The number of nitrogens with zero attached hydrogens (tertiary/aromatic N) is 2. The molecule has 1 aliphatic heterocycles. The first-order valence-electron chi connectivity index (χ1n) is 9.81. The minimum atomic E-state index is -5.41. The van der Waals surface area contributed by atoms with Gasteiger partial charge in [0, 0.05) is 18.8 Å². The summed E-state index contributed by atoms with van der Waals surface area (Å²) in [7, 11) is -10.7. The Kier molecular flexibility index (Phi) is 8.85.